The molecular weight excluding hydrogens is 725 g/mol. The fraction of sp³-hybridized carbons (Fsp3) is 0. The van der Waals surface area contributed by atoms with Crippen molar-refractivity contribution in [1.29, 1.82) is 0 Å². The van der Waals surface area contributed by atoms with Crippen LogP contribution in [0.3, 0.4) is 0 Å². The van der Waals surface area contributed by atoms with E-state index >= 15 is 0 Å². The first-order valence-corrected chi connectivity index (χ1v) is 20.5. The maximum absolute atomic E-state index is 6.50. The van der Waals surface area contributed by atoms with E-state index in [1.807, 2.05) is 17.4 Å². The molecule has 3 heterocycles. The second kappa shape index (κ2) is 13.1. The lowest BCUT2D eigenvalue weighted by Gasteiger charge is -2.26. The Morgan fingerprint density at radius 1 is 0.379 bits per heavy atom. The Morgan fingerprint density at radius 2 is 0.983 bits per heavy atom. The Hall–Kier alpha value is -7.40. The first kappa shape index (κ1) is 32.8. The number of benzene rings is 9. The Kier molecular flexibility index (Phi) is 7.40. The number of hydrogen-bond donors (Lipinski definition) is 0. The second-order valence-corrected chi connectivity index (χ2v) is 16.0. The van der Waals surface area contributed by atoms with E-state index in [1.165, 1.54) is 42.0 Å². The van der Waals surface area contributed by atoms with E-state index in [1.54, 1.807) is 0 Å². The second-order valence-electron chi connectivity index (χ2n) is 14.9. The zero-order valence-electron chi connectivity index (χ0n) is 31.3. The predicted octanol–water partition coefficient (Wildman–Crippen LogP) is 15.9. The van der Waals surface area contributed by atoms with E-state index in [2.05, 4.69) is 210 Å². The summed E-state index contributed by atoms with van der Waals surface area (Å²) in [6.45, 7) is 0. The molecule has 0 radical (unpaired) electrons. The molecule has 0 bridgehead atoms. The molecule has 0 spiro atoms. The zero-order valence-corrected chi connectivity index (χ0v) is 32.2. The molecule has 12 aromatic rings. The Morgan fingerprint density at radius 3 is 1.74 bits per heavy atom. The smallest absolute Gasteiger partial charge is 0.143 e. The van der Waals surface area contributed by atoms with Gasteiger partial charge < -0.3 is 13.9 Å². The van der Waals surface area contributed by atoms with Gasteiger partial charge in [0.25, 0.3) is 0 Å². The van der Waals surface area contributed by atoms with Crippen molar-refractivity contribution in [2.45, 2.75) is 0 Å². The largest absolute Gasteiger partial charge is 0.455 e. The van der Waals surface area contributed by atoms with Gasteiger partial charge in [0.05, 0.1) is 11.0 Å². The summed E-state index contributed by atoms with van der Waals surface area (Å²) in [6.07, 6.45) is 0. The van der Waals surface area contributed by atoms with Crippen LogP contribution in [-0.4, -0.2) is 4.57 Å². The van der Waals surface area contributed by atoms with Crippen molar-refractivity contribution in [3.05, 3.63) is 206 Å². The predicted molar refractivity (Wildman–Crippen MR) is 247 cm³/mol. The van der Waals surface area contributed by atoms with Crippen LogP contribution in [0.4, 0.5) is 17.1 Å². The third-order valence-electron chi connectivity index (χ3n) is 11.6. The van der Waals surface area contributed by atoms with Gasteiger partial charge in [0.15, 0.2) is 0 Å². The summed E-state index contributed by atoms with van der Waals surface area (Å²) in [6, 6.07) is 74.4. The van der Waals surface area contributed by atoms with Crippen LogP contribution < -0.4 is 4.90 Å². The molecule has 9 aromatic carbocycles. The van der Waals surface area contributed by atoms with Gasteiger partial charge in [-0.05, 0) is 102 Å². The fourth-order valence-electron chi connectivity index (χ4n) is 8.88. The lowest BCUT2D eigenvalue weighted by Crippen LogP contribution is -2.10. The summed E-state index contributed by atoms with van der Waals surface area (Å²) in [7, 11) is 0. The van der Waals surface area contributed by atoms with E-state index < -0.39 is 0 Å². The molecule has 0 aliphatic rings. The normalized spacial score (nSPS) is 11.8. The SMILES string of the molecule is c1ccc(-c2cccc3c2oc2ccc(-c4ccc(N(c5ccc(-n6c7ccccc7c7ccccc76)cc5)c5ccc6sc7ccccc7c6c5)cc4)cc23)cc1. The molecule has 0 amide bonds. The minimum Gasteiger partial charge on any atom is -0.455 e. The van der Waals surface area contributed by atoms with Crippen molar-refractivity contribution < 1.29 is 4.42 Å². The number of thiophene rings is 1. The van der Waals surface area contributed by atoms with E-state index in [0.29, 0.717) is 0 Å². The molecule has 4 heteroatoms. The van der Waals surface area contributed by atoms with Crippen LogP contribution in [0.15, 0.2) is 211 Å². The quantitative estimate of drug-likeness (QED) is 0.168. The van der Waals surface area contributed by atoms with Gasteiger partial charge >= 0.3 is 0 Å². The molecule has 0 N–H and O–H groups in total. The molecular formula is C54H34N2OS. The van der Waals surface area contributed by atoms with Gasteiger partial charge in [0.1, 0.15) is 11.2 Å². The van der Waals surface area contributed by atoms with Crippen molar-refractivity contribution >= 4 is 92.3 Å². The van der Waals surface area contributed by atoms with Crippen LogP contribution in [0.2, 0.25) is 0 Å². The molecule has 0 unspecified atom stereocenters. The van der Waals surface area contributed by atoms with E-state index in [4.69, 9.17) is 4.42 Å². The highest BCUT2D eigenvalue weighted by Gasteiger charge is 2.18. The average Bonchev–Trinajstić information content (AvgIpc) is 3.97. The summed E-state index contributed by atoms with van der Waals surface area (Å²) < 4.78 is 11.5. The summed E-state index contributed by atoms with van der Waals surface area (Å²) in [4.78, 5) is 2.38. The van der Waals surface area contributed by atoms with Crippen molar-refractivity contribution in [3.8, 4) is 27.9 Å². The molecule has 3 aromatic heterocycles. The van der Waals surface area contributed by atoms with Crippen LogP contribution in [0.5, 0.6) is 0 Å². The van der Waals surface area contributed by atoms with Gasteiger partial charge in [-0.3, -0.25) is 0 Å². The van der Waals surface area contributed by atoms with Crippen LogP contribution in [0.25, 0.3) is 91.9 Å². The third kappa shape index (κ3) is 5.19. The first-order chi connectivity index (χ1) is 28.7. The van der Waals surface area contributed by atoms with Gasteiger partial charge in [-0.25, -0.2) is 0 Å². The van der Waals surface area contributed by atoms with E-state index in [-0.39, 0.29) is 0 Å². The summed E-state index contributed by atoms with van der Waals surface area (Å²) >= 11 is 1.85. The van der Waals surface area contributed by atoms with E-state index in [9.17, 15) is 0 Å². The molecule has 3 nitrogen and oxygen atoms in total. The minimum atomic E-state index is 0.894. The van der Waals surface area contributed by atoms with Gasteiger partial charge in [0, 0.05) is 70.0 Å². The maximum Gasteiger partial charge on any atom is 0.143 e. The number of para-hydroxylation sites is 3. The van der Waals surface area contributed by atoms with E-state index in [0.717, 1.165) is 66.9 Å². The highest BCUT2D eigenvalue weighted by atomic mass is 32.1. The Balaban J connectivity index is 0.964. The van der Waals surface area contributed by atoms with Crippen molar-refractivity contribution in [1.82, 2.24) is 4.57 Å². The average molecular weight is 759 g/mol. The van der Waals surface area contributed by atoms with Gasteiger partial charge in [-0.1, -0.05) is 121 Å². The lowest BCUT2D eigenvalue weighted by molar-refractivity contribution is 0.670. The minimum absolute atomic E-state index is 0.894. The van der Waals surface area contributed by atoms with Crippen molar-refractivity contribution in [2.75, 3.05) is 4.90 Å². The number of furan rings is 1. The number of fused-ring (bicyclic) bond motifs is 9. The van der Waals surface area contributed by atoms with Gasteiger partial charge in [-0.15, -0.1) is 11.3 Å². The van der Waals surface area contributed by atoms with Gasteiger partial charge in [0.2, 0.25) is 0 Å². The molecule has 0 atom stereocenters. The van der Waals surface area contributed by atoms with Crippen molar-refractivity contribution in [3.63, 3.8) is 0 Å². The summed E-state index contributed by atoms with van der Waals surface area (Å²) in [5.41, 5.74) is 13.2. The molecule has 0 saturated carbocycles. The molecule has 272 valence electrons. The number of rotatable bonds is 6. The number of aromatic nitrogens is 1. The highest BCUT2D eigenvalue weighted by molar-refractivity contribution is 7.25. The third-order valence-corrected chi connectivity index (χ3v) is 12.8. The van der Waals surface area contributed by atoms with Crippen LogP contribution in [-0.2, 0) is 0 Å². The molecule has 58 heavy (non-hydrogen) atoms. The monoisotopic (exact) mass is 758 g/mol. The topological polar surface area (TPSA) is 21.3 Å². The van der Waals surface area contributed by atoms with Crippen LogP contribution in [0, 0.1) is 0 Å². The van der Waals surface area contributed by atoms with Crippen LogP contribution >= 0.6 is 11.3 Å². The first-order valence-electron chi connectivity index (χ1n) is 19.7. The molecule has 0 fully saturated rings. The fourth-order valence-corrected chi connectivity index (χ4v) is 9.96. The Labute approximate surface area is 338 Å². The van der Waals surface area contributed by atoms with Gasteiger partial charge in [-0.2, -0.15) is 0 Å². The zero-order chi connectivity index (χ0) is 38.2. The highest BCUT2D eigenvalue weighted by Crippen LogP contribution is 2.43. The maximum atomic E-state index is 6.50. The van der Waals surface area contributed by atoms with Crippen LogP contribution in [0.1, 0.15) is 0 Å². The summed E-state index contributed by atoms with van der Waals surface area (Å²) in [5.74, 6) is 0. The molecule has 0 saturated heterocycles. The lowest BCUT2D eigenvalue weighted by atomic mass is 10.00. The Bertz CT molecular complexity index is 3450. The molecule has 0 aliphatic carbocycles. The number of hydrogen-bond acceptors (Lipinski definition) is 3. The summed E-state index contributed by atoms with van der Waals surface area (Å²) in [5, 5.41) is 7.34. The van der Waals surface area contributed by atoms with Crippen molar-refractivity contribution in [2.24, 2.45) is 0 Å². The standard InChI is InChI=1S/C54H34N2OS/c1-2-11-36(12-3-1)42-16-10-17-46-47-33-37(23-31-51(47)57-54(42)46)35-21-24-38(25-22-35)55(41-30-32-53-48(34-41)45-15-6-9-20-52(45)58-53)39-26-28-40(29-27-39)56-49-18-7-4-13-43(49)44-14-5-8-19-50(44)56/h1-34H. The number of anilines is 3. The number of nitrogens with zero attached hydrogens (tertiary/aromatic N) is 2. The molecule has 0 aliphatic heterocycles. The molecule has 12 rings (SSSR count).